The fourth-order valence-electron chi connectivity index (χ4n) is 2.51. The molecule has 0 aliphatic carbocycles. The predicted molar refractivity (Wildman–Crippen MR) is 87.1 cm³/mol. The first-order valence-electron chi connectivity index (χ1n) is 6.98. The molecule has 0 atom stereocenters. The molecule has 21 heavy (non-hydrogen) atoms. The topological polar surface area (TPSA) is 27.6 Å². The average Bonchev–Trinajstić information content (AvgIpc) is 2.91. The van der Waals surface area contributed by atoms with Gasteiger partial charge in [-0.3, -0.25) is 10.0 Å². The minimum Gasteiger partial charge on any atom is -0.292 e. The van der Waals surface area contributed by atoms with Crippen LogP contribution >= 0.6 is 11.3 Å². The van der Waals surface area contributed by atoms with Gasteiger partial charge in [-0.05, 0) is 11.6 Å². The lowest BCUT2D eigenvalue weighted by Crippen LogP contribution is -2.40. The molecule has 1 aliphatic heterocycles. The summed E-state index contributed by atoms with van der Waals surface area (Å²) in [4.78, 5) is 4.72. The van der Waals surface area contributed by atoms with E-state index in [4.69, 9.17) is 4.99 Å². The highest BCUT2D eigenvalue weighted by Gasteiger charge is 2.08. The maximum absolute atomic E-state index is 4.72. The number of hydrogen-bond acceptors (Lipinski definition) is 4. The predicted octanol–water partition coefficient (Wildman–Crippen LogP) is 2.24. The van der Waals surface area contributed by atoms with Crippen LogP contribution in [0.1, 0.15) is 5.56 Å². The minimum absolute atomic E-state index is 0.653. The molecule has 1 N–H and O–H groups in total. The third-order valence-electron chi connectivity index (χ3n) is 3.58. The van der Waals surface area contributed by atoms with E-state index in [1.54, 1.807) is 11.3 Å². The zero-order valence-corrected chi connectivity index (χ0v) is 12.3. The van der Waals surface area contributed by atoms with Crippen LogP contribution in [0.2, 0.25) is 0 Å². The first kappa shape index (κ1) is 12.6. The second-order valence-corrected chi connectivity index (χ2v) is 6.11. The van der Waals surface area contributed by atoms with E-state index in [2.05, 4.69) is 65.2 Å². The molecule has 0 fully saturated rings. The lowest BCUT2D eigenvalue weighted by molar-refractivity contribution is 0.298. The number of thiophene rings is 1. The second-order valence-electron chi connectivity index (χ2n) is 5.03. The van der Waals surface area contributed by atoms with Crippen molar-refractivity contribution in [3.63, 3.8) is 0 Å². The van der Waals surface area contributed by atoms with Crippen molar-refractivity contribution in [3.8, 4) is 0 Å². The molecule has 4 heteroatoms. The SMILES string of the molecule is C1=c2sc3ccccc3c2=NCN1NCc1ccccc1. The Kier molecular flexibility index (Phi) is 3.18. The zero-order chi connectivity index (χ0) is 14.1. The highest BCUT2D eigenvalue weighted by molar-refractivity contribution is 7.17. The van der Waals surface area contributed by atoms with Gasteiger partial charge in [-0.2, -0.15) is 0 Å². The molecule has 0 amide bonds. The van der Waals surface area contributed by atoms with Crippen molar-refractivity contribution in [3.05, 3.63) is 70.1 Å². The van der Waals surface area contributed by atoms with Crippen LogP contribution in [0.5, 0.6) is 0 Å². The van der Waals surface area contributed by atoms with E-state index < -0.39 is 0 Å². The lowest BCUT2D eigenvalue weighted by Gasteiger charge is -2.20. The number of hydrazine groups is 1. The maximum atomic E-state index is 4.72. The number of nitrogens with zero attached hydrogens (tertiary/aromatic N) is 2. The van der Waals surface area contributed by atoms with Crippen LogP contribution in [0.4, 0.5) is 0 Å². The van der Waals surface area contributed by atoms with Crippen molar-refractivity contribution in [1.82, 2.24) is 10.4 Å². The third-order valence-corrected chi connectivity index (χ3v) is 4.67. The minimum atomic E-state index is 0.653. The van der Waals surface area contributed by atoms with Crippen molar-refractivity contribution in [1.29, 1.82) is 0 Å². The van der Waals surface area contributed by atoms with Gasteiger partial charge in [-0.1, -0.05) is 48.5 Å². The van der Waals surface area contributed by atoms with Crippen LogP contribution in [-0.2, 0) is 6.54 Å². The van der Waals surface area contributed by atoms with Crippen molar-refractivity contribution in [2.24, 2.45) is 4.99 Å². The number of nitrogens with one attached hydrogen (secondary N) is 1. The molecule has 2 aromatic carbocycles. The normalized spacial score (nSPS) is 13.6. The van der Waals surface area contributed by atoms with E-state index in [-0.39, 0.29) is 0 Å². The van der Waals surface area contributed by atoms with Crippen LogP contribution in [-0.4, -0.2) is 11.7 Å². The Labute approximate surface area is 126 Å². The summed E-state index contributed by atoms with van der Waals surface area (Å²) in [5.74, 6) is 0. The smallest absolute Gasteiger partial charge is 0.125 e. The fraction of sp³-hybridized carbons (Fsp3) is 0.118. The Morgan fingerprint density at radius 3 is 2.76 bits per heavy atom. The van der Waals surface area contributed by atoms with Crippen molar-refractivity contribution < 1.29 is 0 Å². The molecule has 0 radical (unpaired) electrons. The van der Waals surface area contributed by atoms with Crippen LogP contribution in [0.15, 0.2) is 59.6 Å². The van der Waals surface area contributed by atoms with Crippen molar-refractivity contribution in [2.75, 3.05) is 6.67 Å². The fourth-order valence-corrected chi connectivity index (χ4v) is 3.62. The maximum Gasteiger partial charge on any atom is 0.125 e. The summed E-state index contributed by atoms with van der Waals surface area (Å²) in [6, 6.07) is 18.9. The molecule has 1 aliphatic rings. The molecule has 104 valence electrons. The number of hydrogen-bond donors (Lipinski definition) is 1. The van der Waals surface area contributed by atoms with E-state index in [0.717, 1.165) is 11.9 Å². The van der Waals surface area contributed by atoms with Gasteiger partial charge in [0.05, 0.1) is 9.89 Å². The van der Waals surface area contributed by atoms with Crippen LogP contribution in [0.3, 0.4) is 0 Å². The zero-order valence-electron chi connectivity index (χ0n) is 11.5. The Balaban J connectivity index is 1.60. The van der Waals surface area contributed by atoms with E-state index in [0.29, 0.717) is 6.67 Å². The molecule has 0 spiro atoms. The quantitative estimate of drug-likeness (QED) is 0.802. The first-order valence-corrected chi connectivity index (χ1v) is 7.80. The molecular formula is C17H15N3S. The van der Waals surface area contributed by atoms with Crippen molar-refractivity contribution in [2.45, 2.75) is 6.54 Å². The van der Waals surface area contributed by atoms with Gasteiger partial charge in [0.2, 0.25) is 0 Å². The van der Waals surface area contributed by atoms with E-state index in [1.165, 1.54) is 20.2 Å². The van der Waals surface area contributed by atoms with Gasteiger partial charge in [0.25, 0.3) is 0 Å². The molecule has 2 heterocycles. The Morgan fingerprint density at radius 1 is 1.05 bits per heavy atom. The summed E-state index contributed by atoms with van der Waals surface area (Å²) in [6.45, 7) is 1.47. The molecule has 1 aromatic heterocycles. The number of benzene rings is 2. The van der Waals surface area contributed by atoms with Crippen LogP contribution in [0.25, 0.3) is 16.3 Å². The Morgan fingerprint density at radius 2 is 1.86 bits per heavy atom. The summed E-state index contributed by atoms with van der Waals surface area (Å²) in [6.07, 6.45) is 2.16. The van der Waals surface area contributed by atoms with Crippen LogP contribution < -0.4 is 15.3 Å². The summed E-state index contributed by atoms with van der Waals surface area (Å²) >= 11 is 1.79. The van der Waals surface area contributed by atoms with E-state index >= 15 is 0 Å². The van der Waals surface area contributed by atoms with Gasteiger partial charge in [0.15, 0.2) is 0 Å². The Bertz CT molecular complexity index is 883. The Hall–Kier alpha value is -2.17. The largest absolute Gasteiger partial charge is 0.292 e. The monoisotopic (exact) mass is 293 g/mol. The van der Waals surface area contributed by atoms with Crippen LogP contribution in [0, 0.1) is 0 Å². The third kappa shape index (κ3) is 2.44. The second kappa shape index (κ2) is 5.31. The molecule has 0 saturated heterocycles. The van der Waals surface area contributed by atoms with Gasteiger partial charge in [-0.15, -0.1) is 11.3 Å². The molecule has 4 rings (SSSR count). The van der Waals surface area contributed by atoms with Crippen molar-refractivity contribution >= 4 is 27.6 Å². The van der Waals surface area contributed by atoms with Gasteiger partial charge < -0.3 is 0 Å². The summed E-state index contributed by atoms with van der Waals surface area (Å²) in [7, 11) is 0. The van der Waals surface area contributed by atoms with Gasteiger partial charge >= 0.3 is 0 Å². The summed E-state index contributed by atoms with van der Waals surface area (Å²) in [5, 5.41) is 4.45. The van der Waals surface area contributed by atoms with Gasteiger partial charge in [-0.25, -0.2) is 5.43 Å². The molecular weight excluding hydrogens is 278 g/mol. The molecule has 3 nitrogen and oxygen atoms in total. The average molecular weight is 293 g/mol. The molecule has 0 unspecified atom stereocenters. The van der Waals surface area contributed by atoms with E-state index in [1.807, 2.05) is 6.07 Å². The molecule has 0 saturated carbocycles. The summed E-state index contributed by atoms with van der Waals surface area (Å²) < 4.78 is 2.52. The summed E-state index contributed by atoms with van der Waals surface area (Å²) in [5.41, 5.74) is 4.69. The highest BCUT2D eigenvalue weighted by atomic mass is 32.1. The number of rotatable bonds is 3. The lowest BCUT2D eigenvalue weighted by atomic mass is 10.2. The van der Waals surface area contributed by atoms with Gasteiger partial charge in [0, 0.05) is 22.8 Å². The molecule has 3 aromatic rings. The van der Waals surface area contributed by atoms with E-state index in [9.17, 15) is 0 Å². The molecule has 0 bridgehead atoms. The van der Waals surface area contributed by atoms with Gasteiger partial charge in [0.1, 0.15) is 6.67 Å². The number of fused-ring (bicyclic) bond motifs is 3. The highest BCUT2D eigenvalue weighted by Crippen LogP contribution is 2.13. The standard InChI is InChI=1S/C17H15N3S/c1-2-6-13(7-3-1)10-19-20-11-16-17(18-12-20)14-8-4-5-9-15(14)21-16/h1-9,11,19H,10,12H2. The first-order chi connectivity index (χ1) is 10.4.